The molecule has 70 valence electrons. The summed E-state index contributed by atoms with van der Waals surface area (Å²) in [5.74, 6) is 0. The van der Waals surface area contributed by atoms with E-state index >= 15 is 0 Å². The zero-order chi connectivity index (χ0) is 9.31. The van der Waals surface area contributed by atoms with Crippen molar-refractivity contribution >= 4 is 21.6 Å². The molecule has 0 aliphatic heterocycles. The Morgan fingerprint density at radius 3 is 2.77 bits per heavy atom. The van der Waals surface area contributed by atoms with Crippen molar-refractivity contribution in [2.24, 2.45) is 5.73 Å². The lowest BCUT2D eigenvalue weighted by atomic mass is 10.2. The molecule has 0 atom stereocenters. The maximum absolute atomic E-state index is 5.68. The molecular weight excluding hydrogens is 228 g/mol. The number of anilines is 1. The van der Waals surface area contributed by atoms with Crippen LogP contribution in [0.4, 0.5) is 5.69 Å². The Morgan fingerprint density at radius 1 is 1.46 bits per heavy atom. The summed E-state index contributed by atoms with van der Waals surface area (Å²) in [5.41, 5.74) is 7.03. The zero-order valence-electron chi connectivity index (χ0n) is 7.39. The molecule has 13 heavy (non-hydrogen) atoms. The molecule has 0 bridgehead atoms. The Balaban J connectivity index is 2.09. The summed E-state index contributed by atoms with van der Waals surface area (Å²) in [4.78, 5) is 0. The lowest BCUT2D eigenvalue weighted by Gasteiger charge is -2.16. The smallest absolute Gasteiger partial charge is 0.0497 e. The maximum atomic E-state index is 5.68. The van der Waals surface area contributed by atoms with E-state index < -0.39 is 0 Å². The fraction of sp³-hybridized carbons (Fsp3) is 0.400. The molecule has 1 aliphatic carbocycles. The normalized spacial score (nSPS) is 18.3. The van der Waals surface area contributed by atoms with Crippen LogP contribution in [0.3, 0.4) is 0 Å². The Kier molecular flexibility index (Phi) is 2.30. The quantitative estimate of drug-likeness (QED) is 0.852. The summed E-state index contributed by atoms with van der Waals surface area (Å²) in [6.45, 7) is 0.722. The number of nitrogens with two attached hydrogens (primary N) is 1. The first kappa shape index (κ1) is 9.03. The van der Waals surface area contributed by atoms with E-state index in [4.69, 9.17) is 5.73 Å². The van der Waals surface area contributed by atoms with Crippen LogP contribution in [0.1, 0.15) is 12.8 Å². The molecule has 1 saturated carbocycles. The maximum Gasteiger partial charge on any atom is 0.0497 e. The van der Waals surface area contributed by atoms with Crippen molar-refractivity contribution in [3.05, 3.63) is 28.7 Å². The molecule has 0 saturated heterocycles. The second-order valence-electron chi connectivity index (χ2n) is 3.62. The monoisotopic (exact) mass is 240 g/mol. The molecule has 1 aromatic rings. The number of benzene rings is 1. The standard InChI is InChI=1S/C10H13BrN2/c11-8-2-1-3-9(6-8)13-10(7-12)4-5-10/h1-3,6,13H,4-5,7,12H2. The van der Waals surface area contributed by atoms with Crippen LogP contribution in [0, 0.1) is 0 Å². The van der Waals surface area contributed by atoms with Gasteiger partial charge < -0.3 is 11.1 Å². The second-order valence-corrected chi connectivity index (χ2v) is 4.54. The molecule has 1 fully saturated rings. The Bertz CT molecular complexity index is 308. The molecule has 3 heteroatoms. The Morgan fingerprint density at radius 2 is 2.23 bits per heavy atom. The van der Waals surface area contributed by atoms with Crippen molar-refractivity contribution in [1.82, 2.24) is 0 Å². The molecule has 0 unspecified atom stereocenters. The predicted octanol–water partition coefficient (Wildman–Crippen LogP) is 2.35. The summed E-state index contributed by atoms with van der Waals surface area (Å²) < 4.78 is 1.10. The summed E-state index contributed by atoms with van der Waals surface area (Å²) in [7, 11) is 0. The van der Waals surface area contributed by atoms with Crippen LogP contribution in [0.5, 0.6) is 0 Å². The van der Waals surface area contributed by atoms with Gasteiger partial charge in [0, 0.05) is 22.2 Å². The van der Waals surface area contributed by atoms with Crippen LogP contribution in [0.25, 0.3) is 0 Å². The molecule has 1 aliphatic rings. The highest BCUT2D eigenvalue weighted by Crippen LogP contribution is 2.38. The first-order chi connectivity index (χ1) is 6.24. The van der Waals surface area contributed by atoms with Crippen LogP contribution in [-0.2, 0) is 0 Å². The van der Waals surface area contributed by atoms with Gasteiger partial charge in [-0.05, 0) is 31.0 Å². The van der Waals surface area contributed by atoms with Gasteiger partial charge in [0.25, 0.3) is 0 Å². The van der Waals surface area contributed by atoms with Gasteiger partial charge in [-0.25, -0.2) is 0 Å². The number of hydrogen-bond acceptors (Lipinski definition) is 2. The van der Waals surface area contributed by atoms with Crippen LogP contribution in [0.15, 0.2) is 28.7 Å². The lowest BCUT2D eigenvalue weighted by Crippen LogP contribution is -2.30. The molecule has 2 rings (SSSR count). The SMILES string of the molecule is NCC1(Nc2cccc(Br)c2)CC1. The third kappa shape index (κ3) is 2.03. The Labute approximate surface area is 86.6 Å². The van der Waals surface area contributed by atoms with Gasteiger partial charge in [-0.3, -0.25) is 0 Å². The molecule has 3 N–H and O–H groups in total. The molecule has 0 amide bonds. The topological polar surface area (TPSA) is 38.0 Å². The van der Waals surface area contributed by atoms with Crippen molar-refractivity contribution < 1.29 is 0 Å². The van der Waals surface area contributed by atoms with Crippen LogP contribution < -0.4 is 11.1 Å². The van der Waals surface area contributed by atoms with Gasteiger partial charge in [-0.15, -0.1) is 0 Å². The molecule has 0 aromatic heterocycles. The average Bonchev–Trinajstić information content (AvgIpc) is 2.86. The molecule has 0 radical (unpaired) electrons. The van der Waals surface area contributed by atoms with Gasteiger partial charge in [0.05, 0.1) is 0 Å². The van der Waals surface area contributed by atoms with Crippen LogP contribution in [0.2, 0.25) is 0 Å². The highest BCUT2D eigenvalue weighted by atomic mass is 79.9. The summed E-state index contributed by atoms with van der Waals surface area (Å²) in [6.07, 6.45) is 2.38. The van der Waals surface area contributed by atoms with E-state index in [1.807, 2.05) is 12.1 Å². The fourth-order valence-corrected chi connectivity index (χ4v) is 1.80. The van der Waals surface area contributed by atoms with Gasteiger partial charge >= 0.3 is 0 Å². The highest BCUT2D eigenvalue weighted by molar-refractivity contribution is 9.10. The Hall–Kier alpha value is -0.540. The van der Waals surface area contributed by atoms with Gasteiger partial charge in [0.2, 0.25) is 0 Å². The van der Waals surface area contributed by atoms with Gasteiger partial charge in [-0.1, -0.05) is 22.0 Å². The molecule has 2 nitrogen and oxygen atoms in total. The van der Waals surface area contributed by atoms with Crippen molar-refractivity contribution in [1.29, 1.82) is 0 Å². The molecular formula is C10H13BrN2. The highest BCUT2D eigenvalue weighted by Gasteiger charge is 2.40. The number of hydrogen-bond donors (Lipinski definition) is 2. The summed E-state index contributed by atoms with van der Waals surface area (Å²) in [6, 6.07) is 8.20. The molecule has 1 aromatic carbocycles. The fourth-order valence-electron chi connectivity index (χ4n) is 1.40. The molecule has 0 heterocycles. The van der Waals surface area contributed by atoms with E-state index in [0.717, 1.165) is 16.7 Å². The third-order valence-corrected chi connectivity index (χ3v) is 2.97. The first-order valence-corrected chi connectivity index (χ1v) is 5.27. The first-order valence-electron chi connectivity index (χ1n) is 4.48. The van der Waals surface area contributed by atoms with E-state index in [1.165, 1.54) is 12.8 Å². The van der Waals surface area contributed by atoms with Crippen LogP contribution >= 0.6 is 15.9 Å². The number of nitrogens with one attached hydrogen (secondary N) is 1. The summed E-state index contributed by atoms with van der Waals surface area (Å²) >= 11 is 3.44. The number of halogens is 1. The second kappa shape index (κ2) is 3.31. The van der Waals surface area contributed by atoms with E-state index in [-0.39, 0.29) is 5.54 Å². The minimum absolute atomic E-state index is 0.195. The predicted molar refractivity (Wildman–Crippen MR) is 58.8 cm³/mol. The largest absolute Gasteiger partial charge is 0.378 e. The van der Waals surface area contributed by atoms with Crippen molar-refractivity contribution in [3.8, 4) is 0 Å². The molecule has 0 spiro atoms. The lowest BCUT2D eigenvalue weighted by molar-refractivity contribution is 0.742. The van der Waals surface area contributed by atoms with E-state index in [9.17, 15) is 0 Å². The van der Waals surface area contributed by atoms with E-state index in [0.29, 0.717) is 0 Å². The zero-order valence-corrected chi connectivity index (χ0v) is 8.97. The average molecular weight is 241 g/mol. The summed E-state index contributed by atoms with van der Waals surface area (Å²) in [5, 5.41) is 3.46. The minimum atomic E-state index is 0.195. The van der Waals surface area contributed by atoms with Crippen molar-refractivity contribution in [3.63, 3.8) is 0 Å². The van der Waals surface area contributed by atoms with Crippen molar-refractivity contribution in [2.45, 2.75) is 18.4 Å². The van der Waals surface area contributed by atoms with E-state index in [2.05, 4.69) is 33.4 Å². The van der Waals surface area contributed by atoms with Gasteiger partial charge in [0.1, 0.15) is 0 Å². The minimum Gasteiger partial charge on any atom is -0.378 e. The third-order valence-electron chi connectivity index (χ3n) is 2.48. The van der Waals surface area contributed by atoms with Gasteiger partial charge in [-0.2, -0.15) is 0 Å². The van der Waals surface area contributed by atoms with Gasteiger partial charge in [0.15, 0.2) is 0 Å². The van der Waals surface area contributed by atoms with Crippen LogP contribution in [-0.4, -0.2) is 12.1 Å². The number of rotatable bonds is 3. The van der Waals surface area contributed by atoms with Crippen molar-refractivity contribution in [2.75, 3.05) is 11.9 Å². The van der Waals surface area contributed by atoms with E-state index in [1.54, 1.807) is 0 Å².